The topological polar surface area (TPSA) is 9.23 Å². The van der Waals surface area contributed by atoms with Crippen LogP contribution >= 0.6 is 23.2 Å². The number of rotatable bonds is 0. The van der Waals surface area contributed by atoms with E-state index < -0.39 is 0 Å². The van der Waals surface area contributed by atoms with Crippen molar-refractivity contribution >= 4 is 29.3 Å². The number of halogens is 2. The maximum absolute atomic E-state index is 5.90. The molecular weight excluding hydrogens is 219 g/mol. The lowest BCUT2D eigenvalue weighted by molar-refractivity contribution is 0.159. The van der Waals surface area contributed by atoms with Crippen LogP contribution in [-0.2, 0) is 0 Å². The Morgan fingerprint density at radius 2 is 1.79 bits per heavy atom. The summed E-state index contributed by atoms with van der Waals surface area (Å²) in [5, 5.41) is 1.08. The third-order valence-corrected chi connectivity index (χ3v) is 2.81. The first-order chi connectivity index (χ1) is 6.48. The van der Waals surface area contributed by atoms with Gasteiger partial charge in [0.1, 0.15) is 11.4 Å². The summed E-state index contributed by atoms with van der Waals surface area (Å²) in [6.45, 7) is 3.99. The van der Waals surface area contributed by atoms with E-state index in [9.17, 15) is 0 Å². The maximum atomic E-state index is 5.90. The molecule has 1 nitrogen and oxygen atoms in total. The van der Waals surface area contributed by atoms with Crippen molar-refractivity contribution in [2.45, 2.75) is 19.4 Å². The maximum Gasteiger partial charge on any atom is 0.129 e. The zero-order valence-corrected chi connectivity index (χ0v) is 9.49. The van der Waals surface area contributed by atoms with Gasteiger partial charge in [0, 0.05) is 11.6 Å². The summed E-state index contributed by atoms with van der Waals surface area (Å²) >= 11 is 11.8. The second-order valence-corrected chi connectivity index (χ2v) is 4.66. The first-order valence-corrected chi connectivity index (χ1v) is 5.11. The highest BCUT2D eigenvalue weighted by molar-refractivity contribution is 6.42. The van der Waals surface area contributed by atoms with E-state index >= 15 is 0 Å². The predicted molar refractivity (Wildman–Crippen MR) is 60.2 cm³/mol. The standard InChI is InChI=1S/C11H10Cl2O/c1-11(2)4-3-7-5-8(12)9(13)6-10(7)14-11/h3-6H,1-2H3. The molecule has 0 atom stereocenters. The van der Waals surface area contributed by atoms with Crippen molar-refractivity contribution in [2.75, 3.05) is 0 Å². The third kappa shape index (κ3) is 1.75. The molecule has 0 amide bonds. The van der Waals surface area contributed by atoms with E-state index in [0.29, 0.717) is 10.0 Å². The van der Waals surface area contributed by atoms with Crippen LogP contribution in [0.4, 0.5) is 0 Å². The zero-order chi connectivity index (χ0) is 10.3. The Morgan fingerprint density at radius 1 is 1.14 bits per heavy atom. The van der Waals surface area contributed by atoms with Gasteiger partial charge in [-0.25, -0.2) is 0 Å². The van der Waals surface area contributed by atoms with Gasteiger partial charge in [-0.2, -0.15) is 0 Å². The van der Waals surface area contributed by atoms with Gasteiger partial charge in [0.2, 0.25) is 0 Å². The van der Waals surface area contributed by atoms with Crippen molar-refractivity contribution in [1.29, 1.82) is 0 Å². The van der Waals surface area contributed by atoms with E-state index in [2.05, 4.69) is 0 Å². The SMILES string of the molecule is CC1(C)C=Cc2cc(Cl)c(Cl)cc2O1. The van der Waals surface area contributed by atoms with Gasteiger partial charge < -0.3 is 4.74 Å². The molecule has 1 aromatic carbocycles. The number of benzene rings is 1. The fraction of sp³-hybridized carbons (Fsp3) is 0.273. The van der Waals surface area contributed by atoms with Crippen LogP contribution < -0.4 is 4.74 Å². The average molecular weight is 229 g/mol. The normalized spacial score (nSPS) is 17.4. The minimum absolute atomic E-state index is 0.274. The molecule has 0 N–H and O–H groups in total. The van der Waals surface area contributed by atoms with Gasteiger partial charge in [-0.15, -0.1) is 0 Å². The lowest BCUT2D eigenvalue weighted by Gasteiger charge is -2.28. The molecular formula is C11H10Cl2O. The number of hydrogen-bond donors (Lipinski definition) is 0. The minimum Gasteiger partial charge on any atom is -0.483 e. The fourth-order valence-electron chi connectivity index (χ4n) is 1.37. The van der Waals surface area contributed by atoms with Crippen molar-refractivity contribution in [3.63, 3.8) is 0 Å². The van der Waals surface area contributed by atoms with E-state index in [1.165, 1.54) is 0 Å². The Labute approximate surface area is 93.3 Å². The smallest absolute Gasteiger partial charge is 0.129 e. The fourth-order valence-corrected chi connectivity index (χ4v) is 1.70. The molecule has 0 aromatic heterocycles. The van der Waals surface area contributed by atoms with Crippen LogP contribution in [0.15, 0.2) is 18.2 Å². The van der Waals surface area contributed by atoms with E-state index in [4.69, 9.17) is 27.9 Å². The Hall–Kier alpha value is -0.660. The molecule has 1 aromatic rings. The molecule has 1 heterocycles. The molecule has 0 aliphatic carbocycles. The van der Waals surface area contributed by atoms with Crippen molar-refractivity contribution in [3.05, 3.63) is 33.8 Å². The summed E-state index contributed by atoms with van der Waals surface area (Å²) in [5.74, 6) is 0.784. The number of ether oxygens (including phenoxy) is 1. The lowest BCUT2D eigenvalue weighted by Crippen LogP contribution is -2.27. The number of hydrogen-bond acceptors (Lipinski definition) is 1. The summed E-state index contributed by atoms with van der Waals surface area (Å²) in [7, 11) is 0. The second kappa shape index (κ2) is 3.18. The quantitative estimate of drug-likeness (QED) is 0.648. The van der Waals surface area contributed by atoms with Gasteiger partial charge in [-0.3, -0.25) is 0 Å². The Bertz CT molecular complexity index is 408. The highest BCUT2D eigenvalue weighted by Gasteiger charge is 2.22. The van der Waals surface area contributed by atoms with Crippen LogP contribution in [0.5, 0.6) is 5.75 Å². The summed E-state index contributed by atoms with van der Waals surface area (Å²) in [6.07, 6.45) is 4.00. The van der Waals surface area contributed by atoms with Gasteiger partial charge in [-0.05, 0) is 26.0 Å². The third-order valence-electron chi connectivity index (χ3n) is 2.09. The van der Waals surface area contributed by atoms with Gasteiger partial charge in [0.15, 0.2) is 0 Å². The molecule has 1 aliphatic rings. The van der Waals surface area contributed by atoms with Crippen LogP contribution in [0.25, 0.3) is 6.08 Å². The molecule has 0 saturated carbocycles. The molecule has 0 fully saturated rings. The van der Waals surface area contributed by atoms with Crippen LogP contribution in [0.2, 0.25) is 10.0 Å². The highest BCUT2D eigenvalue weighted by atomic mass is 35.5. The summed E-state index contributed by atoms with van der Waals surface area (Å²) in [6, 6.07) is 3.56. The van der Waals surface area contributed by atoms with Crippen LogP contribution in [0.1, 0.15) is 19.4 Å². The van der Waals surface area contributed by atoms with Crippen molar-refractivity contribution in [2.24, 2.45) is 0 Å². The van der Waals surface area contributed by atoms with Crippen LogP contribution in [0.3, 0.4) is 0 Å². The van der Waals surface area contributed by atoms with Crippen molar-refractivity contribution < 1.29 is 4.74 Å². The summed E-state index contributed by atoms with van der Waals surface area (Å²) < 4.78 is 5.73. The van der Waals surface area contributed by atoms with E-state index in [0.717, 1.165) is 11.3 Å². The molecule has 3 heteroatoms. The first kappa shape index (κ1) is 9.88. The Balaban J connectivity index is 2.52. The van der Waals surface area contributed by atoms with Gasteiger partial charge in [-0.1, -0.05) is 29.3 Å². The Kier molecular flexibility index (Phi) is 2.24. The molecule has 0 radical (unpaired) electrons. The zero-order valence-electron chi connectivity index (χ0n) is 7.97. The lowest BCUT2D eigenvalue weighted by atomic mass is 10.0. The number of fused-ring (bicyclic) bond motifs is 1. The molecule has 14 heavy (non-hydrogen) atoms. The first-order valence-electron chi connectivity index (χ1n) is 4.35. The largest absolute Gasteiger partial charge is 0.483 e. The summed E-state index contributed by atoms with van der Waals surface area (Å²) in [4.78, 5) is 0. The van der Waals surface area contributed by atoms with Crippen LogP contribution in [0, 0.1) is 0 Å². The summed E-state index contributed by atoms with van der Waals surface area (Å²) in [5.41, 5.74) is 0.697. The van der Waals surface area contributed by atoms with Crippen LogP contribution in [-0.4, -0.2) is 5.60 Å². The predicted octanol–water partition coefficient (Wildman–Crippen LogP) is 4.18. The van der Waals surface area contributed by atoms with Gasteiger partial charge >= 0.3 is 0 Å². The van der Waals surface area contributed by atoms with E-state index in [1.807, 2.05) is 32.1 Å². The monoisotopic (exact) mass is 228 g/mol. The molecule has 2 rings (SSSR count). The van der Waals surface area contributed by atoms with Gasteiger partial charge in [0.25, 0.3) is 0 Å². The molecule has 0 unspecified atom stereocenters. The molecule has 1 aliphatic heterocycles. The second-order valence-electron chi connectivity index (χ2n) is 3.84. The highest BCUT2D eigenvalue weighted by Crippen LogP contribution is 2.36. The molecule has 0 saturated heterocycles. The van der Waals surface area contributed by atoms with Crippen molar-refractivity contribution in [1.82, 2.24) is 0 Å². The molecule has 0 spiro atoms. The van der Waals surface area contributed by atoms with Crippen molar-refractivity contribution in [3.8, 4) is 5.75 Å². The average Bonchev–Trinajstić information content (AvgIpc) is 2.07. The minimum atomic E-state index is -0.274. The van der Waals surface area contributed by atoms with E-state index in [1.54, 1.807) is 6.07 Å². The molecule has 74 valence electrons. The van der Waals surface area contributed by atoms with E-state index in [-0.39, 0.29) is 5.60 Å². The molecule has 0 bridgehead atoms. The van der Waals surface area contributed by atoms with Gasteiger partial charge in [0.05, 0.1) is 10.0 Å². The Morgan fingerprint density at radius 3 is 2.50 bits per heavy atom.